The fraction of sp³-hybridized carbons (Fsp3) is 0.455. The first-order valence-corrected chi connectivity index (χ1v) is 11.9. The van der Waals surface area contributed by atoms with Gasteiger partial charge in [0.25, 0.3) is 0 Å². The van der Waals surface area contributed by atoms with E-state index < -0.39 is 10.0 Å². The number of hydrogen-bond acceptors (Lipinski definition) is 6. The summed E-state index contributed by atoms with van der Waals surface area (Å²) in [5.74, 6) is 0.751. The minimum atomic E-state index is -3.61. The number of benzene rings is 1. The number of pyridine rings is 1. The van der Waals surface area contributed by atoms with Crippen molar-refractivity contribution < 1.29 is 22.7 Å². The Labute approximate surface area is 183 Å². The van der Waals surface area contributed by atoms with Crippen molar-refractivity contribution in [3.05, 3.63) is 48.2 Å². The summed E-state index contributed by atoms with van der Waals surface area (Å²) in [5.41, 5.74) is 1.01. The Bertz CT molecular complexity index is 971. The van der Waals surface area contributed by atoms with Gasteiger partial charge in [0, 0.05) is 31.8 Å². The summed E-state index contributed by atoms with van der Waals surface area (Å²) in [4.78, 5) is 16.9. The smallest absolute Gasteiger partial charge is 0.243 e. The van der Waals surface area contributed by atoms with Crippen molar-refractivity contribution in [2.75, 3.05) is 38.2 Å². The molecule has 3 rings (SSSR count). The summed E-state index contributed by atoms with van der Waals surface area (Å²) in [6.45, 7) is 5.97. The van der Waals surface area contributed by atoms with Gasteiger partial charge in [-0.1, -0.05) is 0 Å². The van der Waals surface area contributed by atoms with Crippen LogP contribution in [0.4, 0.5) is 5.82 Å². The quantitative estimate of drug-likeness (QED) is 0.594. The maximum absolute atomic E-state index is 13.0. The van der Waals surface area contributed by atoms with E-state index in [1.54, 1.807) is 30.5 Å². The Hall–Kier alpha value is -2.49. The predicted molar refractivity (Wildman–Crippen MR) is 118 cm³/mol. The van der Waals surface area contributed by atoms with E-state index in [1.165, 1.54) is 4.31 Å². The Kier molecular flexibility index (Phi) is 8.00. The molecule has 1 aromatic heterocycles. The molecule has 1 aliphatic heterocycles. The molecule has 2 aromatic rings. The van der Waals surface area contributed by atoms with E-state index in [2.05, 4.69) is 10.3 Å². The number of aromatic nitrogens is 1. The van der Waals surface area contributed by atoms with Gasteiger partial charge in [0.05, 0.1) is 11.5 Å². The van der Waals surface area contributed by atoms with Gasteiger partial charge in [-0.15, -0.1) is 0 Å². The van der Waals surface area contributed by atoms with E-state index in [9.17, 15) is 13.2 Å². The maximum Gasteiger partial charge on any atom is 0.243 e. The number of nitrogens with one attached hydrogen (secondary N) is 1. The third kappa shape index (κ3) is 6.25. The molecule has 8 nitrogen and oxygen atoms in total. The van der Waals surface area contributed by atoms with Crippen LogP contribution in [-0.4, -0.2) is 56.5 Å². The number of ether oxygens (including phenoxy) is 2. The fourth-order valence-electron chi connectivity index (χ4n) is 3.41. The van der Waals surface area contributed by atoms with E-state index >= 15 is 0 Å². The molecule has 31 heavy (non-hydrogen) atoms. The van der Waals surface area contributed by atoms with E-state index in [0.717, 1.165) is 5.56 Å². The molecule has 0 unspecified atom stereocenters. The van der Waals surface area contributed by atoms with Crippen molar-refractivity contribution in [2.45, 2.75) is 31.6 Å². The van der Waals surface area contributed by atoms with E-state index in [4.69, 9.17) is 9.47 Å². The molecule has 0 spiro atoms. The highest BCUT2D eigenvalue weighted by molar-refractivity contribution is 7.89. The van der Waals surface area contributed by atoms with Gasteiger partial charge in [0.1, 0.15) is 18.2 Å². The van der Waals surface area contributed by atoms with E-state index in [1.807, 2.05) is 26.0 Å². The summed E-state index contributed by atoms with van der Waals surface area (Å²) in [5, 5.41) is 2.83. The first kappa shape index (κ1) is 23.2. The molecule has 2 heterocycles. The molecule has 1 fully saturated rings. The number of nitrogens with zero attached hydrogens (tertiary/aromatic N) is 2. The van der Waals surface area contributed by atoms with E-state index in [-0.39, 0.29) is 16.7 Å². The Morgan fingerprint density at radius 3 is 2.52 bits per heavy atom. The summed E-state index contributed by atoms with van der Waals surface area (Å²) < 4.78 is 38.1. The van der Waals surface area contributed by atoms with Gasteiger partial charge in [-0.05, 0) is 68.7 Å². The lowest BCUT2D eigenvalue weighted by atomic mass is 9.97. The third-order valence-electron chi connectivity index (χ3n) is 5.15. The number of anilines is 1. The fourth-order valence-corrected chi connectivity index (χ4v) is 4.88. The van der Waals surface area contributed by atoms with Crippen LogP contribution in [0.25, 0.3) is 0 Å². The van der Waals surface area contributed by atoms with Gasteiger partial charge in [0.15, 0.2) is 0 Å². The molecule has 0 saturated carbocycles. The Morgan fingerprint density at radius 2 is 1.87 bits per heavy atom. The second-order valence-electron chi connectivity index (χ2n) is 7.40. The van der Waals surface area contributed by atoms with Gasteiger partial charge in [-0.2, -0.15) is 4.31 Å². The molecule has 0 aliphatic carbocycles. The lowest BCUT2D eigenvalue weighted by Crippen LogP contribution is -2.41. The lowest BCUT2D eigenvalue weighted by molar-refractivity contribution is -0.120. The average Bonchev–Trinajstić information content (AvgIpc) is 2.77. The monoisotopic (exact) mass is 447 g/mol. The highest BCUT2D eigenvalue weighted by Gasteiger charge is 2.32. The lowest BCUT2D eigenvalue weighted by Gasteiger charge is -2.30. The minimum Gasteiger partial charge on any atom is -0.491 e. The summed E-state index contributed by atoms with van der Waals surface area (Å²) in [6, 6.07) is 10.1. The Morgan fingerprint density at radius 1 is 1.16 bits per heavy atom. The van der Waals surface area contributed by atoms with Crippen molar-refractivity contribution in [3.8, 4) is 5.75 Å². The number of aryl methyl sites for hydroxylation is 1. The molecule has 1 aromatic carbocycles. The molecule has 1 N–H and O–H groups in total. The van der Waals surface area contributed by atoms with Crippen LogP contribution in [0.2, 0.25) is 0 Å². The standard InChI is InChI=1S/C22H29N3O5S/c1-3-29-14-15-30-19-4-6-20(7-5-19)31(27,28)25-12-9-18(10-13-25)22(26)24-21-16-17(2)8-11-23-21/h4-8,11,16,18H,3,9-10,12-15H2,1-2H3,(H,23,24,26). The molecule has 0 radical (unpaired) electrons. The highest BCUT2D eigenvalue weighted by Crippen LogP contribution is 2.26. The minimum absolute atomic E-state index is 0.122. The number of carbonyl (C=O) groups is 1. The van der Waals surface area contributed by atoms with Gasteiger partial charge in [-0.25, -0.2) is 13.4 Å². The number of piperidine rings is 1. The van der Waals surface area contributed by atoms with Crippen LogP contribution in [0, 0.1) is 12.8 Å². The number of hydrogen-bond donors (Lipinski definition) is 1. The van der Waals surface area contributed by atoms with Gasteiger partial charge >= 0.3 is 0 Å². The molecule has 1 aliphatic rings. The van der Waals surface area contributed by atoms with Gasteiger partial charge in [0.2, 0.25) is 15.9 Å². The zero-order chi connectivity index (χ0) is 22.3. The van der Waals surface area contributed by atoms with Crippen LogP contribution in [0.5, 0.6) is 5.75 Å². The van der Waals surface area contributed by atoms with Crippen LogP contribution >= 0.6 is 0 Å². The first-order valence-electron chi connectivity index (χ1n) is 10.4. The van der Waals surface area contributed by atoms with Crippen LogP contribution in [-0.2, 0) is 19.6 Å². The van der Waals surface area contributed by atoms with Crippen molar-refractivity contribution in [1.82, 2.24) is 9.29 Å². The molecule has 168 valence electrons. The first-order chi connectivity index (χ1) is 14.9. The number of sulfonamides is 1. The van der Waals surface area contributed by atoms with Crippen LogP contribution in [0.15, 0.2) is 47.5 Å². The van der Waals surface area contributed by atoms with Crippen molar-refractivity contribution in [3.63, 3.8) is 0 Å². The van der Waals surface area contributed by atoms with Crippen LogP contribution in [0.1, 0.15) is 25.3 Å². The van der Waals surface area contributed by atoms with E-state index in [0.29, 0.717) is 57.3 Å². The largest absolute Gasteiger partial charge is 0.491 e. The molecule has 0 bridgehead atoms. The second kappa shape index (κ2) is 10.7. The van der Waals surface area contributed by atoms with Gasteiger partial charge in [-0.3, -0.25) is 4.79 Å². The second-order valence-corrected chi connectivity index (χ2v) is 9.34. The van der Waals surface area contributed by atoms with Crippen molar-refractivity contribution in [2.24, 2.45) is 5.92 Å². The topological polar surface area (TPSA) is 97.8 Å². The van der Waals surface area contributed by atoms with Crippen LogP contribution in [0.3, 0.4) is 0 Å². The summed E-state index contributed by atoms with van der Waals surface area (Å²) in [6.07, 6.45) is 2.58. The molecule has 1 amide bonds. The number of amides is 1. The normalized spacial score (nSPS) is 15.5. The van der Waals surface area contributed by atoms with Crippen molar-refractivity contribution in [1.29, 1.82) is 0 Å². The molecule has 9 heteroatoms. The zero-order valence-electron chi connectivity index (χ0n) is 17.9. The highest BCUT2D eigenvalue weighted by atomic mass is 32.2. The third-order valence-corrected chi connectivity index (χ3v) is 7.07. The van der Waals surface area contributed by atoms with Gasteiger partial charge < -0.3 is 14.8 Å². The predicted octanol–water partition coefficient (Wildman–Crippen LogP) is 2.84. The summed E-state index contributed by atoms with van der Waals surface area (Å²) in [7, 11) is -3.61. The SMILES string of the molecule is CCOCCOc1ccc(S(=O)(=O)N2CCC(C(=O)Nc3cc(C)ccn3)CC2)cc1. The maximum atomic E-state index is 13.0. The molecule has 0 atom stereocenters. The zero-order valence-corrected chi connectivity index (χ0v) is 18.7. The molecule has 1 saturated heterocycles. The average molecular weight is 448 g/mol. The van der Waals surface area contributed by atoms with Crippen molar-refractivity contribution >= 4 is 21.7 Å². The molecular formula is C22H29N3O5S. The number of rotatable bonds is 9. The Balaban J connectivity index is 1.53. The van der Waals surface area contributed by atoms with Crippen LogP contribution < -0.4 is 10.1 Å². The summed E-state index contributed by atoms with van der Waals surface area (Å²) >= 11 is 0. The number of carbonyl (C=O) groups excluding carboxylic acids is 1. The molecular weight excluding hydrogens is 418 g/mol.